The highest BCUT2D eigenvalue weighted by atomic mass is 32.2. The number of amides is 1. The second kappa shape index (κ2) is 8.69. The zero-order chi connectivity index (χ0) is 16.7. The van der Waals surface area contributed by atoms with Crippen molar-refractivity contribution in [2.24, 2.45) is 5.10 Å². The zero-order valence-electron chi connectivity index (χ0n) is 13.2. The molecule has 0 fully saturated rings. The predicted octanol–water partition coefficient (Wildman–Crippen LogP) is 3.06. The van der Waals surface area contributed by atoms with E-state index in [4.69, 9.17) is 0 Å². The number of rotatable bonds is 6. The topological polar surface area (TPSA) is 67.2 Å². The second-order valence-electron chi connectivity index (χ2n) is 4.83. The number of nitrogens with one attached hydrogen (secondary N) is 1. The fourth-order valence-electron chi connectivity index (χ4n) is 1.68. The maximum Gasteiger partial charge on any atom is 0.250 e. The normalized spacial score (nSPS) is 10.9. The number of hydrogen-bond acceptors (Lipinski definition) is 6. The highest BCUT2D eigenvalue weighted by Gasteiger charge is 2.06. The van der Waals surface area contributed by atoms with Crippen LogP contribution < -0.4 is 5.43 Å². The van der Waals surface area contributed by atoms with E-state index >= 15 is 0 Å². The molecule has 0 unspecified atom stereocenters. The van der Waals surface area contributed by atoms with Crippen molar-refractivity contribution in [2.45, 2.75) is 24.0 Å². The lowest BCUT2D eigenvalue weighted by Crippen LogP contribution is -2.19. The number of hydrazone groups is 1. The molecule has 0 atom stereocenters. The van der Waals surface area contributed by atoms with Gasteiger partial charge in [0.15, 0.2) is 5.16 Å². The largest absolute Gasteiger partial charge is 0.272 e. The Morgan fingerprint density at radius 2 is 2.00 bits per heavy atom. The van der Waals surface area contributed by atoms with E-state index in [-0.39, 0.29) is 11.7 Å². The summed E-state index contributed by atoms with van der Waals surface area (Å²) in [6.07, 6.45) is 3.58. The van der Waals surface area contributed by atoms with Crippen molar-refractivity contribution in [3.05, 3.63) is 47.2 Å². The van der Waals surface area contributed by atoms with Gasteiger partial charge in [0.2, 0.25) is 0 Å². The number of thioether (sulfide) groups is 2. The monoisotopic (exact) mass is 346 g/mol. The summed E-state index contributed by atoms with van der Waals surface area (Å²) < 4.78 is 0. The molecule has 1 N–H and O–H groups in total. The van der Waals surface area contributed by atoms with Crippen LogP contribution in [0.5, 0.6) is 0 Å². The van der Waals surface area contributed by atoms with Gasteiger partial charge in [0.1, 0.15) is 5.03 Å². The lowest BCUT2D eigenvalue weighted by molar-refractivity contribution is -0.118. The van der Waals surface area contributed by atoms with E-state index in [9.17, 15) is 4.79 Å². The molecule has 0 aliphatic heterocycles. The molecule has 1 heterocycles. The predicted molar refractivity (Wildman–Crippen MR) is 96.2 cm³/mol. The summed E-state index contributed by atoms with van der Waals surface area (Å²) in [7, 11) is 0. The number of nitrogens with zero attached hydrogens (tertiary/aromatic N) is 3. The molecule has 0 saturated heterocycles. The molecule has 0 saturated carbocycles. The van der Waals surface area contributed by atoms with Crippen LogP contribution in [0, 0.1) is 13.8 Å². The Bertz CT molecular complexity index is 702. The van der Waals surface area contributed by atoms with Crippen molar-refractivity contribution >= 4 is 35.6 Å². The van der Waals surface area contributed by atoms with E-state index in [1.165, 1.54) is 17.3 Å². The summed E-state index contributed by atoms with van der Waals surface area (Å²) in [5, 5.41) is 5.46. The molecule has 1 amide bonds. The van der Waals surface area contributed by atoms with E-state index in [0.717, 1.165) is 16.3 Å². The van der Waals surface area contributed by atoms with E-state index in [1.54, 1.807) is 18.0 Å². The van der Waals surface area contributed by atoms with Gasteiger partial charge in [-0.25, -0.2) is 15.4 Å². The number of benzene rings is 1. The Morgan fingerprint density at radius 3 is 2.70 bits per heavy atom. The van der Waals surface area contributed by atoms with Crippen LogP contribution in [0.3, 0.4) is 0 Å². The summed E-state index contributed by atoms with van der Waals surface area (Å²) in [5.74, 6) is 0.0388. The Balaban J connectivity index is 1.83. The molecule has 120 valence electrons. The molecular formula is C16H18N4OS2. The average Bonchev–Trinajstić information content (AvgIpc) is 2.54. The third-order valence-electron chi connectivity index (χ3n) is 2.83. The molecule has 2 aromatic rings. The van der Waals surface area contributed by atoms with Gasteiger partial charge in [0, 0.05) is 5.69 Å². The van der Waals surface area contributed by atoms with Gasteiger partial charge in [-0.3, -0.25) is 4.79 Å². The first-order chi connectivity index (χ1) is 11.1. The third kappa shape index (κ3) is 6.03. The molecule has 0 bridgehead atoms. The van der Waals surface area contributed by atoms with Gasteiger partial charge in [0.25, 0.3) is 5.91 Å². The van der Waals surface area contributed by atoms with Crippen LogP contribution in [0.4, 0.5) is 0 Å². The minimum absolute atomic E-state index is 0.186. The Hall–Kier alpha value is -1.86. The summed E-state index contributed by atoms with van der Waals surface area (Å²) in [6.45, 7) is 3.94. The van der Waals surface area contributed by atoms with Crippen LogP contribution in [0.1, 0.15) is 16.8 Å². The molecule has 23 heavy (non-hydrogen) atoms. The molecule has 0 spiro atoms. The van der Waals surface area contributed by atoms with Crippen molar-refractivity contribution < 1.29 is 4.79 Å². The quantitative estimate of drug-likeness (QED) is 0.286. The molecule has 0 aliphatic rings. The first-order valence-corrected chi connectivity index (χ1v) is 9.19. The van der Waals surface area contributed by atoms with Gasteiger partial charge in [-0.15, -0.1) is 11.8 Å². The highest BCUT2D eigenvalue weighted by molar-refractivity contribution is 8.00. The molecule has 7 heteroatoms. The van der Waals surface area contributed by atoms with Crippen LogP contribution in [0.15, 0.2) is 45.6 Å². The first kappa shape index (κ1) is 17.5. The third-order valence-corrected chi connectivity index (χ3v) is 4.31. The van der Waals surface area contributed by atoms with Gasteiger partial charge in [0.05, 0.1) is 12.0 Å². The first-order valence-electron chi connectivity index (χ1n) is 6.98. The Labute approximate surface area is 144 Å². The van der Waals surface area contributed by atoms with Gasteiger partial charge in [-0.1, -0.05) is 41.6 Å². The van der Waals surface area contributed by atoms with Crippen molar-refractivity contribution in [3.8, 4) is 0 Å². The Kier molecular flexibility index (Phi) is 6.61. The average molecular weight is 346 g/mol. The SMILES string of the molecule is CSc1cc(C)nc(SCC(=O)NN=Cc2ccc(C)cc2)n1. The number of aryl methyl sites for hydroxylation is 2. The number of carbonyl (C=O) groups is 1. The summed E-state index contributed by atoms with van der Waals surface area (Å²) in [4.78, 5) is 20.5. The smallest absolute Gasteiger partial charge is 0.250 e. The maximum absolute atomic E-state index is 11.8. The van der Waals surface area contributed by atoms with Crippen LogP contribution >= 0.6 is 23.5 Å². The van der Waals surface area contributed by atoms with E-state index in [2.05, 4.69) is 20.5 Å². The van der Waals surface area contributed by atoms with Crippen LogP contribution in [0.25, 0.3) is 0 Å². The molecule has 1 aromatic heterocycles. The van der Waals surface area contributed by atoms with E-state index in [0.29, 0.717) is 5.16 Å². The van der Waals surface area contributed by atoms with Gasteiger partial charge in [-0.05, 0) is 31.7 Å². The Morgan fingerprint density at radius 1 is 1.26 bits per heavy atom. The van der Waals surface area contributed by atoms with Crippen LogP contribution in [-0.2, 0) is 4.79 Å². The maximum atomic E-state index is 11.8. The van der Waals surface area contributed by atoms with Crippen molar-refractivity contribution in [2.75, 3.05) is 12.0 Å². The van der Waals surface area contributed by atoms with Gasteiger partial charge >= 0.3 is 0 Å². The lowest BCUT2D eigenvalue weighted by Gasteiger charge is -2.03. The molecule has 0 radical (unpaired) electrons. The standard InChI is InChI=1S/C16H18N4OS2/c1-11-4-6-13(7-5-11)9-17-20-14(21)10-23-16-18-12(2)8-15(19-16)22-3/h4-9H,10H2,1-3H3,(H,20,21). The summed E-state index contributed by atoms with van der Waals surface area (Å²) in [5.41, 5.74) is 5.53. The number of aromatic nitrogens is 2. The molecule has 5 nitrogen and oxygen atoms in total. The van der Waals surface area contributed by atoms with Crippen LogP contribution in [-0.4, -0.2) is 34.1 Å². The van der Waals surface area contributed by atoms with E-state index in [1.807, 2.05) is 50.4 Å². The lowest BCUT2D eigenvalue weighted by atomic mass is 10.2. The van der Waals surface area contributed by atoms with Crippen molar-refractivity contribution in [1.29, 1.82) is 0 Å². The van der Waals surface area contributed by atoms with Gasteiger partial charge < -0.3 is 0 Å². The minimum atomic E-state index is -0.186. The van der Waals surface area contributed by atoms with Gasteiger partial charge in [-0.2, -0.15) is 5.10 Å². The highest BCUT2D eigenvalue weighted by Crippen LogP contribution is 2.18. The number of hydrogen-bond donors (Lipinski definition) is 1. The van der Waals surface area contributed by atoms with Crippen molar-refractivity contribution in [1.82, 2.24) is 15.4 Å². The molecule has 0 aliphatic carbocycles. The zero-order valence-corrected chi connectivity index (χ0v) is 14.9. The molecular weight excluding hydrogens is 328 g/mol. The molecule has 1 aromatic carbocycles. The van der Waals surface area contributed by atoms with E-state index < -0.39 is 0 Å². The molecule has 2 rings (SSSR count). The minimum Gasteiger partial charge on any atom is -0.272 e. The van der Waals surface area contributed by atoms with Crippen LogP contribution in [0.2, 0.25) is 0 Å². The number of carbonyl (C=O) groups excluding carboxylic acids is 1. The fourth-order valence-corrected chi connectivity index (χ4v) is 2.90. The van der Waals surface area contributed by atoms with Crippen molar-refractivity contribution in [3.63, 3.8) is 0 Å². The second-order valence-corrected chi connectivity index (χ2v) is 6.60. The fraction of sp³-hybridized carbons (Fsp3) is 0.250. The summed E-state index contributed by atoms with van der Waals surface area (Å²) in [6, 6.07) is 9.81. The summed E-state index contributed by atoms with van der Waals surface area (Å²) >= 11 is 2.85.